The summed E-state index contributed by atoms with van der Waals surface area (Å²) in [6.45, 7) is 0.365. The molecule has 180 valence electrons. The summed E-state index contributed by atoms with van der Waals surface area (Å²) in [6.07, 6.45) is 1.11. The van der Waals surface area contributed by atoms with Gasteiger partial charge >= 0.3 is 0 Å². The van der Waals surface area contributed by atoms with Gasteiger partial charge in [-0.2, -0.15) is 4.31 Å². The molecule has 3 aromatic rings. The lowest BCUT2D eigenvalue weighted by atomic mass is 9.99. The van der Waals surface area contributed by atoms with Gasteiger partial charge in [-0.25, -0.2) is 17.8 Å². The van der Waals surface area contributed by atoms with Crippen LogP contribution in [0.1, 0.15) is 12.8 Å². The highest BCUT2D eigenvalue weighted by atomic mass is 32.2. The average molecular weight is 506 g/mol. The highest BCUT2D eigenvalue weighted by Gasteiger charge is 2.33. The first kappa shape index (κ1) is 24.1. The molecule has 0 aliphatic carbocycles. The van der Waals surface area contributed by atoms with Crippen molar-refractivity contribution in [2.75, 3.05) is 32.6 Å². The van der Waals surface area contributed by atoms with Gasteiger partial charge in [-0.1, -0.05) is 0 Å². The van der Waals surface area contributed by atoms with E-state index in [9.17, 15) is 17.6 Å². The molecule has 0 saturated carbocycles. The Balaban J connectivity index is 1.44. The first-order valence-corrected chi connectivity index (χ1v) is 12.9. The molecule has 4 rings (SSSR count). The summed E-state index contributed by atoms with van der Waals surface area (Å²) in [4.78, 5) is 17.4. The number of nitrogens with one attached hydrogen (secondary N) is 1. The van der Waals surface area contributed by atoms with E-state index in [1.807, 2.05) is 11.4 Å². The highest BCUT2D eigenvalue weighted by Crippen LogP contribution is 2.34. The average Bonchev–Trinajstić information content (AvgIpc) is 3.32. The number of sulfonamides is 1. The van der Waals surface area contributed by atoms with E-state index < -0.39 is 21.8 Å². The van der Waals surface area contributed by atoms with Crippen molar-refractivity contribution < 1.29 is 27.1 Å². The van der Waals surface area contributed by atoms with Gasteiger partial charge in [-0.3, -0.25) is 4.79 Å². The van der Waals surface area contributed by atoms with Crippen molar-refractivity contribution in [3.05, 3.63) is 53.7 Å². The Kier molecular flexibility index (Phi) is 7.15. The van der Waals surface area contributed by atoms with Crippen molar-refractivity contribution in [1.82, 2.24) is 9.29 Å². The number of carbonyl (C=O) groups excluding carboxylic acids is 1. The van der Waals surface area contributed by atoms with Gasteiger partial charge in [0.2, 0.25) is 15.9 Å². The van der Waals surface area contributed by atoms with Crippen LogP contribution in [-0.4, -0.2) is 50.9 Å². The molecular formula is C23H24FN3O5S2. The zero-order valence-corrected chi connectivity index (χ0v) is 20.3. The Labute approximate surface area is 201 Å². The number of benzene rings is 2. The van der Waals surface area contributed by atoms with E-state index in [0.29, 0.717) is 41.7 Å². The van der Waals surface area contributed by atoms with Gasteiger partial charge in [0, 0.05) is 24.0 Å². The molecule has 1 aliphatic heterocycles. The number of ether oxygens (including phenoxy) is 2. The zero-order valence-electron chi connectivity index (χ0n) is 18.7. The third kappa shape index (κ3) is 5.06. The summed E-state index contributed by atoms with van der Waals surface area (Å²) in [7, 11) is -0.696. The molecule has 8 nitrogen and oxygen atoms in total. The minimum absolute atomic E-state index is 0.00874. The van der Waals surface area contributed by atoms with Crippen LogP contribution in [0.4, 0.5) is 9.52 Å². The van der Waals surface area contributed by atoms with E-state index in [1.54, 1.807) is 26.4 Å². The van der Waals surface area contributed by atoms with E-state index >= 15 is 0 Å². The molecule has 2 heterocycles. The SMILES string of the molecule is COc1ccc(-c2csc(NC(=O)C3CCCN(S(=O)(=O)c4ccc(F)cc4)C3)n2)cc1OC. The van der Waals surface area contributed by atoms with Crippen LogP contribution in [0.25, 0.3) is 11.3 Å². The molecule has 1 fully saturated rings. The predicted octanol–water partition coefficient (Wildman–Crippen LogP) is 4.01. The van der Waals surface area contributed by atoms with E-state index in [1.165, 1.54) is 27.8 Å². The number of methoxy groups -OCH3 is 2. The summed E-state index contributed by atoms with van der Waals surface area (Å²) >= 11 is 1.28. The molecule has 2 aromatic carbocycles. The first-order valence-electron chi connectivity index (χ1n) is 10.6. The summed E-state index contributed by atoms with van der Waals surface area (Å²) < 4.78 is 50.9. The van der Waals surface area contributed by atoms with Crippen LogP contribution < -0.4 is 14.8 Å². The Hall–Kier alpha value is -3.02. The van der Waals surface area contributed by atoms with Gasteiger partial charge in [0.15, 0.2) is 16.6 Å². The van der Waals surface area contributed by atoms with Crippen LogP contribution in [0.5, 0.6) is 11.5 Å². The number of amides is 1. The van der Waals surface area contributed by atoms with Gasteiger partial charge in [0.1, 0.15) is 5.82 Å². The van der Waals surface area contributed by atoms with E-state index in [0.717, 1.165) is 17.7 Å². The summed E-state index contributed by atoms with van der Waals surface area (Å²) in [5.74, 6) is -0.133. The standard InChI is InChI=1S/C23H24FN3O5S2/c1-31-20-10-5-15(12-21(20)32-2)19-14-33-23(25-19)26-22(28)16-4-3-11-27(13-16)34(29,30)18-8-6-17(24)7-9-18/h5-10,12,14,16H,3-4,11,13H2,1-2H3,(H,25,26,28). The molecule has 11 heteroatoms. The number of thiazole rings is 1. The second-order valence-corrected chi connectivity index (χ2v) is 10.5. The van der Waals surface area contributed by atoms with Gasteiger partial charge in [-0.15, -0.1) is 11.3 Å². The van der Waals surface area contributed by atoms with Crippen molar-refractivity contribution in [1.29, 1.82) is 0 Å². The van der Waals surface area contributed by atoms with Crippen molar-refractivity contribution in [3.8, 4) is 22.8 Å². The molecule has 0 radical (unpaired) electrons. The normalized spacial score (nSPS) is 16.7. The number of piperidine rings is 1. The van der Waals surface area contributed by atoms with Crippen LogP contribution in [0.2, 0.25) is 0 Å². The molecule has 34 heavy (non-hydrogen) atoms. The third-order valence-electron chi connectivity index (χ3n) is 5.62. The zero-order chi connectivity index (χ0) is 24.3. The van der Waals surface area contributed by atoms with Crippen molar-refractivity contribution in [2.45, 2.75) is 17.7 Å². The van der Waals surface area contributed by atoms with Crippen LogP contribution in [0.3, 0.4) is 0 Å². The van der Waals surface area contributed by atoms with E-state index in [4.69, 9.17) is 9.47 Å². The number of aromatic nitrogens is 1. The van der Waals surface area contributed by atoms with Gasteiger partial charge in [0.25, 0.3) is 0 Å². The highest BCUT2D eigenvalue weighted by molar-refractivity contribution is 7.89. The van der Waals surface area contributed by atoms with Crippen molar-refractivity contribution in [3.63, 3.8) is 0 Å². The molecule has 1 unspecified atom stereocenters. The lowest BCUT2D eigenvalue weighted by Crippen LogP contribution is -2.43. The number of nitrogens with zero attached hydrogens (tertiary/aromatic N) is 2. The quantitative estimate of drug-likeness (QED) is 0.521. The van der Waals surface area contributed by atoms with Crippen molar-refractivity contribution in [2.24, 2.45) is 5.92 Å². The number of hydrogen-bond acceptors (Lipinski definition) is 7. The van der Waals surface area contributed by atoms with E-state index in [-0.39, 0.29) is 17.3 Å². The number of carbonyl (C=O) groups is 1. The third-order valence-corrected chi connectivity index (χ3v) is 8.26. The van der Waals surface area contributed by atoms with Gasteiger partial charge in [-0.05, 0) is 55.3 Å². The lowest BCUT2D eigenvalue weighted by Gasteiger charge is -2.31. The second kappa shape index (κ2) is 10.1. The predicted molar refractivity (Wildman–Crippen MR) is 127 cm³/mol. The monoisotopic (exact) mass is 505 g/mol. The fourth-order valence-electron chi connectivity index (χ4n) is 3.80. The van der Waals surface area contributed by atoms with Gasteiger partial charge in [0.05, 0.1) is 30.7 Å². The molecule has 0 bridgehead atoms. The Morgan fingerprint density at radius 3 is 2.59 bits per heavy atom. The van der Waals surface area contributed by atoms with Crippen molar-refractivity contribution >= 4 is 32.4 Å². The molecule has 1 atom stereocenters. The van der Waals surface area contributed by atoms with Gasteiger partial charge < -0.3 is 14.8 Å². The van der Waals surface area contributed by atoms with Crippen LogP contribution >= 0.6 is 11.3 Å². The fourth-order valence-corrected chi connectivity index (χ4v) is 6.04. The number of anilines is 1. The first-order chi connectivity index (χ1) is 16.3. The lowest BCUT2D eigenvalue weighted by molar-refractivity contribution is -0.120. The maximum absolute atomic E-state index is 13.2. The smallest absolute Gasteiger partial charge is 0.243 e. The molecule has 1 N–H and O–H groups in total. The van der Waals surface area contributed by atoms with E-state index in [2.05, 4.69) is 10.3 Å². The topological polar surface area (TPSA) is 97.8 Å². The minimum Gasteiger partial charge on any atom is -0.493 e. The Morgan fingerprint density at radius 2 is 1.88 bits per heavy atom. The summed E-state index contributed by atoms with van der Waals surface area (Å²) in [5.41, 5.74) is 1.48. The number of halogens is 1. The van der Waals surface area contributed by atoms with Crippen LogP contribution in [-0.2, 0) is 14.8 Å². The maximum Gasteiger partial charge on any atom is 0.243 e. The second-order valence-electron chi connectivity index (χ2n) is 7.75. The number of rotatable bonds is 7. The largest absolute Gasteiger partial charge is 0.493 e. The Bertz CT molecular complexity index is 1280. The Morgan fingerprint density at radius 1 is 1.15 bits per heavy atom. The summed E-state index contributed by atoms with van der Waals surface area (Å²) in [6, 6.07) is 10.1. The number of hydrogen-bond donors (Lipinski definition) is 1. The fraction of sp³-hybridized carbons (Fsp3) is 0.304. The molecular weight excluding hydrogens is 481 g/mol. The molecule has 1 saturated heterocycles. The molecule has 1 aromatic heterocycles. The molecule has 1 amide bonds. The summed E-state index contributed by atoms with van der Waals surface area (Å²) in [5, 5.41) is 5.06. The van der Waals surface area contributed by atoms with Crippen LogP contribution in [0, 0.1) is 11.7 Å². The molecule has 0 spiro atoms. The minimum atomic E-state index is -3.81. The maximum atomic E-state index is 13.2. The molecule has 1 aliphatic rings. The van der Waals surface area contributed by atoms with Crippen LogP contribution in [0.15, 0.2) is 52.7 Å².